The third kappa shape index (κ3) is 3.92. The van der Waals surface area contributed by atoms with Gasteiger partial charge in [0.1, 0.15) is 11.5 Å². The van der Waals surface area contributed by atoms with Crippen molar-refractivity contribution in [3.05, 3.63) is 52.5 Å². The molecular formula is C15H13BrO4S. The van der Waals surface area contributed by atoms with Crippen LogP contribution in [0.4, 0.5) is 0 Å². The normalized spacial score (nSPS) is 11.2. The molecule has 0 aliphatic carbocycles. The molecule has 0 aromatic heterocycles. The fraction of sp³-hybridized carbons (Fsp3) is 0.133. The molecule has 0 saturated heterocycles. The first-order valence-corrected chi connectivity index (χ1v) is 8.74. The largest absolute Gasteiger partial charge is 0.456 e. The van der Waals surface area contributed by atoms with Gasteiger partial charge in [0.05, 0.1) is 9.37 Å². The van der Waals surface area contributed by atoms with Crippen LogP contribution in [0.25, 0.3) is 0 Å². The Morgan fingerprint density at radius 3 is 2.19 bits per heavy atom. The number of Topliss-reactive ketones (excluding diaryl/α,β-unsaturated/α-hetero) is 1. The Bertz CT molecular complexity index is 780. The average Bonchev–Trinajstić information content (AvgIpc) is 2.40. The van der Waals surface area contributed by atoms with Crippen LogP contribution in [0.1, 0.15) is 17.3 Å². The number of hydrogen-bond donors (Lipinski definition) is 0. The van der Waals surface area contributed by atoms with E-state index >= 15 is 0 Å². The van der Waals surface area contributed by atoms with Gasteiger partial charge in [-0.2, -0.15) is 0 Å². The maximum absolute atomic E-state index is 11.4. The summed E-state index contributed by atoms with van der Waals surface area (Å²) in [6.45, 7) is 1.49. The molecule has 0 aliphatic rings. The van der Waals surface area contributed by atoms with Crippen LogP contribution >= 0.6 is 15.9 Å². The van der Waals surface area contributed by atoms with Gasteiger partial charge in [0.15, 0.2) is 15.6 Å². The highest BCUT2D eigenvalue weighted by Crippen LogP contribution is 2.31. The van der Waals surface area contributed by atoms with Crippen LogP contribution in [-0.4, -0.2) is 20.5 Å². The molecule has 110 valence electrons. The van der Waals surface area contributed by atoms with E-state index in [9.17, 15) is 13.2 Å². The molecular weight excluding hydrogens is 356 g/mol. The number of carbonyl (C=O) groups excluding carboxylic acids is 1. The Labute approximate surface area is 131 Å². The third-order valence-corrected chi connectivity index (χ3v) is 4.57. The fourth-order valence-electron chi connectivity index (χ4n) is 1.68. The number of ether oxygens (including phenoxy) is 1. The molecule has 0 spiro atoms. The van der Waals surface area contributed by atoms with E-state index in [1.807, 2.05) is 0 Å². The van der Waals surface area contributed by atoms with Gasteiger partial charge in [-0.3, -0.25) is 4.79 Å². The zero-order valence-corrected chi connectivity index (χ0v) is 13.9. The van der Waals surface area contributed by atoms with E-state index in [0.29, 0.717) is 21.5 Å². The summed E-state index contributed by atoms with van der Waals surface area (Å²) in [6.07, 6.45) is 1.15. The van der Waals surface area contributed by atoms with E-state index in [2.05, 4.69) is 15.9 Å². The van der Waals surface area contributed by atoms with Gasteiger partial charge in [0.25, 0.3) is 0 Å². The van der Waals surface area contributed by atoms with Crippen molar-refractivity contribution in [2.75, 3.05) is 6.26 Å². The summed E-state index contributed by atoms with van der Waals surface area (Å²) in [6, 6.07) is 11.2. The molecule has 0 saturated carbocycles. The Morgan fingerprint density at radius 1 is 1.10 bits per heavy atom. The molecule has 0 amide bonds. The van der Waals surface area contributed by atoms with Crippen molar-refractivity contribution >= 4 is 31.6 Å². The van der Waals surface area contributed by atoms with Crippen LogP contribution in [0.2, 0.25) is 0 Å². The highest BCUT2D eigenvalue weighted by molar-refractivity contribution is 9.10. The molecule has 4 nitrogen and oxygen atoms in total. The van der Waals surface area contributed by atoms with Crippen molar-refractivity contribution in [1.29, 1.82) is 0 Å². The Balaban J connectivity index is 2.24. The van der Waals surface area contributed by atoms with E-state index in [-0.39, 0.29) is 10.7 Å². The standard InChI is InChI=1S/C15H13BrO4S/c1-10(17)11-3-8-15(14(16)9-11)20-12-4-6-13(7-5-12)21(2,18)19/h3-9H,1-2H3. The molecule has 2 aromatic rings. The summed E-state index contributed by atoms with van der Waals surface area (Å²) in [5.74, 6) is 1.03. The zero-order valence-electron chi connectivity index (χ0n) is 11.5. The summed E-state index contributed by atoms with van der Waals surface area (Å²) in [4.78, 5) is 11.5. The third-order valence-electron chi connectivity index (χ3n) is 2.82. The van der Waals surface area contributed by atoms with Crippen molar-refractivity contribution < 1.29 is 17.9 Å². The minimum atomic E-state index is -3.22. The monoisotopic (exact) mass is 368 g/mol. The number of benzene rings is 2. The summed E-state index contributed by atoms with van der Waals surface area (Å²) in [7, 11) is -3.22. The van der Waals surface area contributed by atoms with E-state index in [0.717, 1.165) is 6.26 Å². The lowest BCUT2D eigenvalue weighted by Gasteiger charge is -2.09. The van der Waals surface area contributed by atoms with Crippen molar-refractivity contribution in [1.82, 2.24) is 0 Å². The summed E-state index contributed by atoms with van der Waals surface area (Å²) < 4.78 is 29.1. The van der Waals surface area contributed by atoms with E-state index in [1.54, 1.807) is 30.3 Å². The molecule has 0 fully saturated rings. The van der Waals surface area contributed by atoms with Gasteiger partial charge in [-0.15, -0.1) is 0 Å². The van der Waals surface area contributed by atoms with Crippen LogP contribution in [-0.2, 0) is 9.84 Å². The molecule has 0 heterocycles. The highest BCUT2D eigenvalue weighted by Gasteiger charge is 2.09. The highest BCUT2D eigenvalue weighted by atomic mass is 79.9. The topological polar surface area (TPSA) is 60.4 Å². The van der Waals surface area contributed by atoms with Crippen LogP contribution < -0.4 is 4.74 Å². The van der Waals surface area contributed by atoms with E-state index < -0.39 is 9.84 Å². The SMILES string of the molecule is CC(=O)c1ccc(Oc2ccc(S(C)(=O)=O)cc2)c(Br)c1. The molecule has 6 heteroatoms. The number of sulfone groups is 1. The molecule has 0 radical (unpaired) electrons. The van der Waals surface area contributed by atoms with Crippen LogP contribution in [0.3, 0.4) is 0 Å². The summed E-state index contributed by atoms with van der Waals surface area (Å²) >= 11 is 3.35. The van der Waals surface area contributed by atoms with Crippen LogP contribution in [0.15, 0.2) is 51.8 Å². The molecule has 2 aromatic carbocycles. The van der Waals surface area contributed by atoms with Crippen LogP contribution in [0, 0.1) is 0 Å². The molecule has 0 bridgehead atoms. The number of carbonyl (C=O) groups is 1. The van der Waals surface area contributed by atoms with E-state index in [4.69, 9.17) is 4.74 Å². The maximum Gasteiger partial charge on any atom is 0.175 e. The summed E-state index contributed by atoms with van der Waals surface area (Å²) in [5.41, 5.74) is 0.585. The minimum absolute atomic E-state index is 0.0280. The Morgan fingerprint density at radius 2 is 1.71 bits per heavy atom. The maximum atomic E-state index is 11.4. The number of hydrogen-bond acceptors (Lipinski definition) is 4. The quantitative estimate of drug-likeness (QED) is 0.769. The minimum Gasteiger partial charge on any atom is -0.456 e. The smallest absolute Gasteiger partial charge is 0.175 e. The molecule has 0 N–H and O–H groups in total. The van der Waals surface area contributed by atoms with Crippen molar-refractivity contribution in [3.63, 3.8) is 0 Å². The van der Waals surface area contributed by atoms with E-state index in [1.165, 1.54) is 19.1 Å². The Kier molecular flexibility index (Phi) is 4.49. The molecule has 0 unspecified atom stereocenters. The number of ketones is 1. The lowest BCUT2D eigenvalue weighted by Crippen LogP contribution is -1.96. The van der Waals surface area contributed by atoms with Crippen molar-refractivity contribution in [2.24, 2.45) is 0 Å². The zero-order chi connectivity index (χ0) is 15.6. The Hall–Kier alpha value is -1.66. The van der Waals surface area contributed by atoms with Gasteiger partial charge < -0.3 is 4.74 Å². The molecule has 2 rings (SSSR count). The predicted octanol–water partition coefficient (Wildman–Crippen LogP) is 3.85. The number of halogens is 1. The predicted molar refractivity (Wildman–Crippen MR) is 83.8 cm³/mol. The second kappa shape index (κ2) is 5.99. The van der Waals surface area contributed by atoms with Gasteiger partial charge >= 0.3 is 0 Å². The van der Waals surface area contributed by atoms with Gasteiger partial charge in [0, 0.05) is 11.8 Å². The summed E-state index contributed by atoms with van der Waals surface area (Å²) in [5, 5.41) is 0. The number of rotatable bonds is 4. The second-order valence-electron chi connectivity index (χ2n) is 4.55. The van der Waals surface area contributed by atoms with Crippen molar-refractivity contribution in [2.45, 2.75) is 11.8 Å². The lowest BCUT2D eigenvalue weighted by atomic mass is 10.1. The van der Waals surface area contributed by atoms with Gasteiger partial charge in [-0.1, -0.05) is 0 Å². The molecule has 21 heavy (non-hydrogen) atoms. The van der Waals surface area contributed by atoms with Crippen LogP contribution in [0.5, 0.6) is 11.5 Å². The molecule has 0 atom stereocenters. The first kappa shape index (κ1) is 15.7. The van der Waals surface area contributed by atoms with Gasteiger partial charge in [-0.05, 0) is 65.3 Å². The second-order valence-corrected chi connectivity index (χ2v) is 7.42. The average molecular weight is 369 g/mol. The molecule has 0 aliphatic heterocycles. The van der Waals surface area contributed by atoms with Gasteiger partial charge in [0.2, 0.25) is 0 Å². The van der Waals surface area contributed by atoms with Gasteiger partial charge in [-0.25, -0.2) is 8.42 Å². The lowest BCUT2D eigenvalue weighted by molar-refractivity contribution is 0.101. The first-order chi connectivity index (χ1) is 9.77. The first-order valence-electron chi connectivity index (χ1n) is 6.06. The van der Waals surface area contributed by atoms with Crippen molar-refractivity contribution in [3.8, 4) is 11.5 Å². The fourth-order valence-corrected chi connectivity index (χ4v) is 2.77.